The Bertz CT molecular complexity index is 1860. The first kappa shape index (κ1) is 35.4. The lowest BCUT2D eigenvalue weighted by Gasteiger charge is -2.50. The van der Waals surface area contributed by atoms with Crippen molar-refractivity contribution in [2.45, 2.75) is 31.5 Å². The summed E-state index contributed by atoms with van der Waals surface area (Å²) in [6, 6.07) is 9.73. The maximum absolute atomic E-state index is 13.3. The second kappa shape index (κ2) is 14.3. The number of amides is 2. The van der Waals surface area contributed by atoms with Crippen LogP contribution in [0.4, 0.5) is 10.9 Å². The number of ether oxygens (including phenoxy) is 1. The minimum Gasteiger partial charge on any atom is -0.489 e. The number of carboxylic acid groups (broad SMARTS) is 1. The number of carbonyl (C=O) groups excluding carboxylic acids is 2. The van der Waals surface area contributed by atoms with Gasteiger partial charge in [0.25, 0.3) is 23.7 Å². The Labute approximate surface area is 284 Å². The Kier molecular flexibility index (Phi) is 10.3. The van der Waals surface area contributed by atoms with Gasteiger partial charge in [-0.25, -0.2) is 14.3 Å². The van der Waals surface area contributed by atoms with Crippen LogP contribution in [0.15, 0.2) is 53.1 Å². The minimum atomic E-state index is -5.02. The molecule has 2 atom stereocenters. The summed E-state index contributed by atoms with van der Waals surface area (Å²) in [5.41, 5.74) is 5.57. The first-order chi connectivity index (χ1) is 23.1. The summed E-state index contributed by atoms with van der Waals surface area (Å²) in [5.74, 6) is -1.53. The van der Waals surface area contributed by atoms with Crippen LogP contribution >= 0.6 is 11.3 Å². The average Bonchev–Trinajstić information content (AvgIpc) is 3.45. The number of aromatic nitrogens is 2. The third kappa shape index (κ3) is 8.40. The van der Waals surface area contributed by atoms with Gasteiger partial charge in [0, 0.05) is 30.5 Å². The molecule has 3 aromatic rings. The van der Waals surface area contributed by atoms with Crippen LogP contribution in [-0.4, -0.2) is 95.5 Å². The molecule has 0 radical (unpaired) electrons. The highest BCUT2D eigenvalue weighted by Crippen LogP contribution is 2.33. The molecule has 262 valence electrons. The number of oxime groups is 1. The molecule has 18 nitrogen and oxygen atoms in total. The van der Waals surface area contributed by atoms with E-state index in [-0.39, 0.29) is 10.8 Å². The Balaban J connectivity index is 1.24. The van der Waals surface area contributed by atoms with Gasteiger partial charge >= 0.3 is 16.4 Å². The van der Waals surface area contributed by atoms with E-state index in [0.29, 0.717) is 16.7 Å². The number of carboxylic acids is 1. The number of β-lactam (4-membered cyclic amide) rings is 1. The number of carbonyl (C=O) groups is 3. The van der Waals surface area contributed by atoms with Gasteiger partial charge < -0.3 is 31.0 Å². The maximum atomic E-state index is 13.3. The first-order valence-corrected chi connectivity index (χ1v) is 17.0. The average molecular weight is 720 g/mol. The van der Waals surface area contributed by atoms with Crippen molar-refractivity contribution in [3.8, 4) is 16.9 Å². The van der Waals surface area contributed by atoms with Crippen LogP contribution in [-0.2, 0) is 41.0 Å². The number of hydroxylamine groups is 2. The molecule has 5 rings (SSSR count). The van der Waals surface area contributed by atoms with Crippen LogP contribution < -0.4 is 31.0 Å². The van der Waals surface area contributed by atoms with Gasteiger partial charge in [0.2, 0.25) is 0 Å². The Hall–Kier alpha value is -4.89. The standard InChI is InChI=1S/C29H34N8O10S2/c1-29(2)24(26(39)37(29)47-49(42,43)44)34-25(38)23(20-15-48-28(30)33-20)35-46-21(27(40)41)14-45-19-6-4-17(5-7-19)18-8-9-36(3)22(10-18)32-13-16-11-31-12-16/h4-10,15-16,21,24,31H,11-14H2,1-3H3,(H5,30,33,34,38,40,41,42,43,44)/p+1/b35-23-/t21-,24+/m0/s1. The zero-order valence-electron chi connectivity index (χ0n) is 26.5. The van der Waals surface area contributed by atoms with E-state index in [9.17, 15) is 27.9 Å². The summed E-state index contributed by atoms with van der Waals surface area (Å²) in [6.45, 7) is 5.10. The number of hydrogen-bond donors (Lipinski definition) is 6. The van der Waals surface area contributed by atoms with Crippen LogP contribution in [0.3, 0.4) is 0 Å². The van der Waals surface area contributed by atoms with Gasteiger partial charge in [0.15, 0.2) is 10.8 Å². The van der Waals surface area contributed by atoms with E-state index in [1.807, 2.05) is 42.1 Å². The number of nitrogens with one attached hydrogen (secondary N) is 3. The number of aryl methyl sites for hydroxylation is 1. The molecule has 2 aliphatic rings. The molecular formula is C29H35N8O10S2+. The number of nitrogens with two attached hydrogens (primary N) is 1. The molecule has 2 aliphatic heterocycles. The molecule has 7 N–H and O–H groups in total. The number of nitrogen functional groups attached to an aromatic ring is 1. The smallest absolute Gasteiger partial charge is 0.418 e. The lowest BCUT2D eigenvalue weighted by atomic mass is 9.84. The SMILES string of the molecule is C[n+]1ccc(-c2ccc(OC[C@H](O/N=C(\C(=O)N[C@@H]3C(=O)N(OS(=O)(=O)O)C3(C)C)c3csc(N)n3)C(=O)O)cc2)cc1NCC1CNC1. The topological polar surface area (TPSA) is 248 Å². The lowest BCUT2D eigenvalue weighted by molar-refractivity contribution is -0.657. The van der Waals surface area contributed by atoms with E-state index in [0.717, 1.165) is 47.9 Å². The number of hydrogen-bond acceptors (Lipinski definition) is 14. The maximum Gasteiger partial charge on any atom is 0.418 e. The summed E-state index contributed by atoms with van der Waals surface area (Å²) in [7, 11) is -3.05. The van der Waals surface area contributed by atoms with E-state index in [1.54, 1.807) is 12.1 Å². The summed E-state index contributed by atoms with van der Waals surface area (Å²) in [4.78, 5) is 47.0. The fourth-order valence-electron chi connectivity index (χ4n) is 4.87. The van der Waals surface area contributed by atoms with E-state index in [1.165, 1.54) is 19.2 Å². The third-order valence-corrected chi connectivity index (χ3v) is 8.84. The van der Waals surface area contributed by atoms with Gasteiger partial charge in [-0.2, -0.15) is 13.5 Å². The van der Waals surface area contributed by atoms with Crippen molar-refractivity contribution in [3.63, 3.8) is 0 Å². The molecule has 2 saturated heterocycles. The monoisotopic (exact) mass is 719 g/mol. The zero-order chi connectivity index (χ0) is 35.5. The Morgan fingerprint density at radius 1 is 1.24 bits per heavy atom. The second-order valence-electron chi connectivity index (χ2n) is 11.8. The van der Waals surface area contributed by atoms with Crippen LogP contribution in [0.2, 0.25) is 0 Å². The van der Waals surface area contributed by atoms with Crippen molar-refractivity contribution in [2.75, 3.05) is 37.3 Å². The fourth-order valence-corrected chi connectivity index (χ4v) is 5.87. The van der Waals surface area contributed by atoms with Gasteiger partial charge in [0.1, 0.15) is 24.1 Å². The molecule has 1 aromatic carbocycles. The summed E-state index contributed by atoms with van der Waals surface area (Å²) >= 11 is 0.964. The predicted octanol–water partition coefficient (Wildman–Crippen LogP) is -0.0590. The molecule has 2 fully saturated rings. The van der Waals surface area contributed by atoms with Gasteiger partial charge in [-0.15, -0.1) is 15.6 Å². The number of thiazole rings is 1. The van der Waals surface area contributed by atoms with Crippen molar-refractivity contribution in [2.24, 2.45) is 18.1 Å². The van der Waals surface area contributed by atoms with Crippen molar-refractivity contribution in [3.05, 3.63) is 53.7 Å². The van der Waals surface area contributed by atoms with Crippen molar-refractivity contribution < 1.29 is 50.9 Å². The number of anilines is 2. The number of rotatable bonds is 15. The molecular weight excluding hydrogens is 684 g/mol. The first-order valence-electron chi connectivity index (χ1n) is 14.8. The number of pyridine rings is 1. The highest BCUT2D eigenvalue weighted by molar-refractivity contribution is 7.80. The molecule has 0 spiro atoms. The van der Waals surface area contributed by atoms with Crippen LogP contribution in [0, 0.1) is 5.92 Å². The van der Waals surface area contributed by atoms with Gasteiger partial charge in [-0.3, -0.25) is 19.5 Å². The van der Waals surface area contributed by atoms with E-state index in [4.69, 9.17) is 19.9 Å². The number of aliphatic carboxylic acids is 1. The van der Waals surface area contributed by atoms with Crippen molar-refractivity contribution >= 4 is 56.2 Å². The minimum absolute atomic E-state index is 0.0629. The van der Waals surface area contributed by atoms with Gasteiger partial charge in [-0.1, -0.05) is 17.3 Å². The second-order valence-corrected chi connectivity index (χ2v) is 13.7. The van der Waals surface area contributed by atoms with E-state index < -0.39 is 58.2 Å². The molecule has 4 heterocycles. The van der Waals surface area contributed by atoms with Gasteiger partial charge in [0.05, 0.1) is 25.3 Å². The largest absolute Gasteiger partial charge is 0.489 e. The zero-order valence-corrected chi connectivity index (χ0v) is 28.2. The molecule has 0 saturated carbocycles. The highest BCUT2D eigenvalue weighted by atomic mass is 32.3. The Morgan fingerprint density at radius 3 is 2.53 bits per heavy atom. The normalized spacial score (nSPS) is 18.2. The quantitative estimate of drug-likeness (QED) is 0.0396. The fraction of sp³-hybridized carbons (Fsp3) is 0.379. The summed E-state index contributed by atoms with van der Waals surface area (Å²) in [6.07, 6.45) is 0.288. The van der Waals surface area contributed by atoms with Crippen LogP contribution in [0.25, 0.3) is 11.1 Å². The third-order valence-electron chi connectivity index (χ3n) is 7.82. The molecule has 0 bridgehead atoms. The predicted molar refractivity (Wildman–Crippen MR) is 174 cm³/mol. The molecule has 20 heteroatoms. The molecule has 0 aliphatic carbocycles. The molecule has 2 amide bonds. The van der Waals surface area contributed by atoms with E-state index >= 15 is 0 Å². The van der Waals surface area contributed by atoms with Crippen LogP contribution in [0.5, 0.6) is 5.75 Å². The molecule has 0 unspecified atom stereocenters. The van der Waals surface area contributed by atoms with Crippen molar-refractivity contribution in [1.82, 2.24) is 20.7 Å². The number of benzene rings is 1. The van der Waals surface area contributed by atoms with Crippen molar-refractivity contribution in [1.29, 1.82) is 0 Å². The number of nitrogens with zero attached hydrogens (tertiary/aromatic N) is 4. The highest BCUT2D eigenvalue weighted by Gasteiger charge is 2.58. The van der Waals surface area contributed by atoms with Gasteiger partial charge in [-0.05, 0) is 43.2 Å². The Morgan fingerprint density at radius 2 is 1.96 bits per heavy atom. The molecule has 2 aromatic heterocycles. The summed E-state index contributed by atoms with van der Waals surface area (Å²) < 4.78 is 43.2. The molecule has 49 heavy (non-hydrogen) atoms. The lowest BCUT2D eigenvalue weighted by Crippen LogP contribution is -2.76. The summed E-state index contributed by atoms with van der Waals surface area (Å²) in [5, 5.41) is 24.4. The van der Waals surface area contributed by atoms with Crippen LogP contribution in [0.1, 0.15) is 19.5 Å². The van der Waals surface area contributed by atoms with E-state index in [2.05, 4.69) is 30.4 Å².